The van der Waals surface area contributed by atoms with Gasteiger partial charge in [0.05, 0.1) is 29.5 Å². The molecule has 0 spiro atoms. The molecule has 2 fully saturated rings. The molecule has 1 aliphatic carbocycles. The molecule has 0 aromatic carbocycles. The maximum atomic E-state index is 13.9. The molecule has 2 aliphatic rings. The van der Waals surface area contributed by atoms with Crippen molar-refractivity contribution >= 4 is 17.5 Å². The summed E-state index contributed by atoms with van der Waals surface area (Å²) >= 11 is 0. The highest BCUT2D eigenvalue weighted by Gasteiger charge is 2.45. The second-order valence-corrected chi connectivity index (χ2v) is 10.4. The lowest BCUT2D eigenvalue weighted by atomic mass is 9.81. The molecule has 4 heterocycles. The Bertz CT molecular complexity index is 1360. The molecule has 14 heteroatoms. The number of aryl methyl sites for hydroxylation is 1. The molecule has 210 valence electrons. The molecule has 1 saturated heterocycles. The molecule has 2 amide bonds. The van der Waals surface area contributed by atoms with E-state index in [0.717, 1.165) is 0 Å². The Morgan fingerprint density at radius 2 is 2.03 bits per heavy atom. The van der Waals surface area contributed by atoms with E-state index in [4.69, 9.17) is 4.52 Å². The van der Waals surface area contributed by atoms with E-state index in [1.807, 2.05) is 0 Å². The number of rotatable bonds is 6. The number of aromatic nitrogens is 4. The Morgan fingerprint density at radius 3 is 2.69 bits per heavy atom. The number of amides is 2. The van der Waals surface area contributed by atoms with E-state index in [-0.39, 0.29) is 50.1 Å². The van der Waals surface area contributed by atoms with Crippen LogP contribution in [0.25, 0.3) is 5.65 Å². The summed E-state index contributed by atoms with van der Waals surface area (Å²) in [7, 11) is 0. The molecule has 1 saturated carbocycles. The third-order valence-corrected chi connectivity index (χ3v) is 7.58. The van der Waals surface area contributed by atoms with Gasteiger partial charge in [0.1, 0.15) is 6.26 Å². The molecule has 1 aliphatic heterocycles. The van der Waals surface area contributed by atoms with Crippen molar-refractivity contribution in [2.24, 2.45) is 17.8 Å². The van der Waals surface area contributed by atoms with Gasteiger partial charge in [-0.1, -0.05) is 5.16 Å². The van der Waals surface area contributed by atoms with Gasteiger partial charge in [0.25, 0.3) is 5.91 Å². The summed E-state index contributed by atoms with van der Waals surface area (Å²) in [5.41, 5.74) is 1.78. The minimum atomic E-state index is -4.41. The van der Waals surface area contributed by atoms with Gasteiger partial charge in [-0.05, 0) is 44.2 Å². The molecule has 1 unspecified atom stereocenters. The zero-order valence-electron chi connectivity index (χ0n) is 21.0. The van der Waals surface area contributed by atoms with Crippen LogP contribution in [-0.4, -0.2) is 50.2 Å². The zero-order chi connectivity index (χ0) is 27.9. The van der Waals surface area contributed by atoms with Crippen molar-refractivity contribution in [3.8, 4) is 0 Å². The van der Waals surface area contributed by atoms with E-state index in [1.54, 1.807) is 25.3 Å². The van der Waals surface area contributed by atoms with Gasteiger partial charge in [0.2, 0.25) is 11.8 Å². The number of alkyl halides is 5. The highest BCUT2D eigenvalue weighted by atomic mass is 19.4. The fraction of sp³-hybridized carbons (Fsp3) is 0.560. The van der Waals surface area contributed by atoms with Crippen LogP contribution < -0.4 is 10.6 Å². The topological polar surface area (TPSA) is 114 Å². The number of halogens is 5. The lowest BCUT2D eigenvalue weighted by Crippen LogP contribution is -2.47. The first kappa shape index (κ1) is 27.0. The van der Waals surface area contributed by atoms with E-state index >= 15 is 0 Å². The fourth-order valence-electron chi connectivity index (χ4n) is 5.32. The Hall–Kier alpha value is -3.58. The number of carbonyl (C=O) groups excluding carboxylic acids is 2. The van der Waals surface area contributed by atoms with Crippen molar-refractivity contribution < 1.29 is 36.1 Å². The molecule has 2 N–H and O–H groups in total. The van der Waals surface area contributed by atoms with Crippen LogP contribution >= 0.6 is 0 Å². The molecule has 0 bridgehead atoms. The first-order valence-corrected chi connectivity index (χ1v) is 12.7. The molecular formula is C25H27F5N6O3. The number of imidazole rings is 1. The van der Waals surface area contributed by atoms with Crippen LogP contribution in [-0.2, 0) is 11.2 Å². The van der Waals surface area contributed by atoms with Crippen LogP contribution in [0.1, 0.15) is 65.6 Å². The Labute approximate surface area is 219 Å². The normalized spacial score (nSPS) is 23.0. The van der Waals surface area contributed by atoms with Crippen molar-refractivity contribution in [3.63, 3.8) is 0 Å². The van der Waals surface area contributed by atoms with Gasteiger partial charge < -0.3 is 15.2 Å². The maximum absolute atomic E-state index is 13.9. The predicted octanol–water partition coefficient (Wildman–Crippen LogP) is 4.18. The Morgan fingerprint density at radius 1 is 1.28 bits per heavy atom. The van der Waals surface area contributed by atoms with Crippen LogP contribution in [0.15, 0.2) is 29.1 Å². The Balaban J connectivity index is 1.39. The predicted molar refractivity (Wildman–Crippen MR) is 126 cm³/mol. The monoisotopic (exact) mass is 554 g/mol. The van der Waals surface area contributed by atoms with Gasteiger partial charge in [-0.3, -0.25) is 9.59 Å². The SMILES string of the molecule is Cc1conc1C(=O)N[C@H](c1cn2nc(CC3C[C@@H](C(F)(F)F)CNC3=O)ccc2n1)C1CCC(F)(F)CC1. The van der Waals surface area contributed by atoms with Crippen molar-refractivity contribution in [2.45, 2.75) is 63.6 Å². The van der Waals surface area contributed by atoms with Crippen LogP contribution in [0.2, 0.25) is 0 Å². The van der Waals surface area contributed by atoms with Crippen LogP contribution in [0.4, 0.5) is 22.0 Å². The van der Waals surface area contributed by atoms with Crippen LogP contribution in [0, 0.1) is 24.7 Å². The lowest BCUT2D eigenvalue weighted by Gasteiger charge is -2.33. The van der Waals surface area contributed by atoms with Gasteiger partial charge in [-0.15, -0.1) is 0 Å². The highest BCUT2D eigenvalue weighted by Crippen LogP contribution is 2.41. The summed E-state index contributed by atoms with van der Waals surface area (Å²) in [5, 5.41) is 13.4. The maximum Gasteiger partial charge on any atom is 0.393 e. The van der Waals surface area contributed by atoms with Gasteiger partial charge in [0.15, 0.2) is 11.3 Å². The quantitative estimate of drug-likeness (QED) is 0.442. The number of fused-ring (bicyclic) bond motifs is 1. The molecule has 5 rings (SSSR count). The number of nitrogens with zero attached hydrogens (tertiary/aromatic N) is 4. The minimum Gasteiger partial charge on any atom is -0.364 e. The summed E-state index contributed by atoms with van der Waals surface area (Å²) in [5.74, 6) is -6.58. The van der Waals surface area contributed by atoms with Crippen LogP contribution in [0.3, 0.4) is 0 Å². The van der Waals surface area contributed by atoms with Crippen molar-refractivity contribution in [1.82, 2.24) is 30.4 Å². The van der Waals surface area contributed by atoms with Crippen LogP contribution in [0.5, 0.6) is 0 Å². The average Bonchev–Trinajstić information content (AvgIpc) is 3.49. The third kappa shape index (κ3) is 5.88. The number of carbonyl (C=O) groups is 2. The summed E-state index contributed by atoms with van der Waals surface area (Å²) in [6.45, 7) is 1.21. The summed E-state index contributed by atoms with van der Waals surface area (Å²) < 4.78 is 73.6. The molecule has 3 atom stereocenters. The van der Waals surface area contributed by atoms with Crippen molar-refractivity contribution in [1.29, 1.82) is 0 Å². The second kappa shape index (κ2) is 10.2. The van der Waals surface area contributed by atoms with E-state index in [0.29, 0.717) is 22.6 Å². The first-order valence-electron chi connectivity index (χ1n) is 12.7. The average molecular weight is 555 g/mol. The van der Waals surface area contributed by atoms with Gasteiger partial charge >= 0.3 is 6.18 Å². The van der Waals surface area contributed by atoms with Gasteiger partial charge in [0, 0.05) is 37.3 Å². The van der Waals surface area contributed by atoms with E-state index in [2.05, 4.69) is 25.9 Å². The largest absolute Gasteiger partial charge is 0.393 e. The minimum absolute atomic E-state index is 0.00513. The molecule has 0 radical (unpaired) electrons. The lowest BCUT2D eigenvalue weighted by molar-refractivity contribution is -0.183. The highest BCUT2D eigenvalue weighted by molar-refractivity contribution is 5.93. The number of hydrogen-bond acceptors (Lipinski definition) is 6. The smallest absolute Gasteiger partial charge is 0.364 e. The van der Waals surface area contributed by atoms with Gasteiger partial charge in [-0.2, -0.15) is 18.3 Å². The van der Waals surface area contributed by atoms with E-state index in [1.165, 1.54) is 10.8 Å². The molecule has 39 heavy (non-hydrogen) atoms. The number of hydrogen-bond donors (Lipinski definition) is 2. The molecule has 9 nitrogen and oxygen atoms in total. The Kier molecular flexibility index (Phi) is 7.06. The number of piperidine rings is 1. The standard InChI is InChI=1S/C25H27F5N6O3/c1-13-12-39-35-20(13)23(38)33-21(14-4-6-24(26,27)7-5-14)18-11-36-19(32-18)3-2-17(34-36)9-15-8-16(25(28,29)30)10-31-22(15)37/h2-3,11-12,14-16,21H,4-10H2,1H3,(H,31,37)(H,33,38)/t15?,16-,21+/m1/s1. The van der Waals surface area contributed by atoms with E-state index in [9.17, 15) is 31.5 Å². The number of nitrogens with one attached hydrogen (secondary N) is 2. The van der Waals surface area contributed by atoms with Crippen molar-refractivity contribution in [3.05, 3.63) is 47.2 Å². The summed E-state index contributed by atoms with van der Waals surface area (Å²) in [4.78, 5) is 29.7. The molecule has 3 aromatic rings. The molecule has 3 aromatic heterocycles. The summed E-state index contributed by atoms with van der Waals surface area (Å²) in [6, 6.07) is 2.49. The molecular weight excluding hydrogens is 527 g/mol. The van der Waals surface area contributed by atoms with Crippen molar-refractivity contribution in [2.75, 3.05) is 6.54 Å². The second-order valence-electron chi connectivity index (χ2n) is 10.4. The third-order valence-electron chi connectivity index (χ3n) is 7.58. The summed E-state index contributed by atoms with van der Waals surface area (Å²) in [6.07, 6.45) is -2.14. The van der Waals surface area contributed by atoms with E-state index < -0.39 is 48.3 Å². The fourth-order valence-corrected chi connectivity index (χ4v) is 5.32. The van der Waals surface area contributed by atoms with Gasteiger partial charge in [-0.25, -0.2) is 18.3 Å². The first-order chi connectivity index (χ1) is 18.4. The zero-order valence-corrected chi connectivity index (χ0v) is 21.0.